The van der Waals surface area contributed by atoms with Crippen molar-refractivity contribution < 1.29 is 33.4 Å². The topological polar surface area (TPSA) is 99.6 Å². The third-order valence-corrected chi connectivity index (χ3v) is 8.11. The highest BCUT2D eigenvalue weighted by Gasteiger charge is 2.47. The number of rotatable bonds is 15. The zero-order valence-electron chi connectivity index (χ0n) is 25.2. The van der Waals surface area contributed by atoms with E-state index in [1.807, 2.05) is 34.9 Å². The SMILES string of the molecule is CCCCN(CCC[N+](C)(C)C)C(=O)CN1CC(c2ccc3c(c2)OCO3)C(C(=O)O)C1CCN(CC)C(C)=O. The minimum atomic E-state index is -0.890. The summed E-state index contributed by atoms with van der Waals surface area (Å²) < 4.78 is 11.9. The van der Waals surface area contributed by atoms with Crippen LogP contribution in [0.1, 0.15) is 57.9 Å². The lowest BCUT2D eigenvalue weighted by Crippen LogP contribution is -2.46. The van der Waals surface area contributed by atoms with Gasteiger partial charge in [0.05, 0.1) is 40.2 Å². The van der Waals surface area contributed by atoms with E-state index < -0.39 is 11.9 Å². The van der Waals surface area contributed by atoms with Gasteiger partial charge in [-0.15, -0.1) is 0 Å². The van der Waals surface area contributed by atoms with Crippen molar-refractivity contribution >= 4 is 17.8 Å². The summed E-state index contributed by atoms with van der Waals surface area (Å²) in [6.45, 7) is 9.68. The number of benzene rings is 1. The standard InChI is InChI=1S/C30H48N4O6/c1-7-9-14-32(15-10-17-34(4,5)6)28(36)20-33-19-24(23-11-12-26-27(18-23)40-21-39-26)29(30(37)38)25(33)13-16-31(8-2)22(3)35/h11-12,18,24-25,29H,7-10,13-17,19-21H2,1-6H3/p+1. The normalized spacial score (nSPS) is 20.5. The first-order valence-electron chi connectivity index (χ1n) is 14.6. The molecule has 1 N–H and O–H groups in total. The molecule has 224 valence electrons. The van der Waals surface area contributed by atoms with Crippen molar-refractivity contribution in [3.05, 3.63) is 23.8 Å². The van der Waals surface area contributed by atoms with Crippen molar-refractivity contribution in [3.63, 3.8) is 0 Å². The van der Waals surface area contributed by atoms with Gasteiger partial charge >= 0.3 is 5.97 Å². The maximum Gasteiger partial charge on any atom is 0.308 e. The van der Waals surface area contributed by atoms with E-state index in [1.54, 1.807) is 4.90 Å². The molecule has 1 aromatic rings. The second kappa shape index (κ2) is 14.2. The van der Waals surface area contributed by atoms with Gasteiger partial charge in [-0.25, -0.2) is 0 Å². The van der Waals surface area contributed by atoms with E-state index in [1.165, 1.54) is 6.92 Å². The molecule has 3 unspecified atom stereocenters. The molecule has 1 fully saturated rings. The summed E-state index contributed by atoms with van der Waals surface area (Å²) in [4.78, 5) is 44.3. The summed E-state index contributed by atoms with van der Waals surface area (Å²) in [6.07, 6.45) is 3.32. The Bertz CT molecular complexity index is 1030. The largest absolute Gasteiger partial charge is 0.481 e. The first-order valence-corrected chi connectivity index (χ1v) is 14.6. The third-order valence-electron chi connectivity index (χ3n) is 8.11. The maximum absolute atomic E-state index is 13.7. The number of ether oxygens (including phenoxy) is 2. The van der Waals surface area contributed by atoms with Gasteiger partial charge in [-0.05, 0) is 37.5 Å². The molecule has 10 nitrogen and oxygen atoms in total. The van der Waals surface area contributed by atoms with Crippen LogP contribution in [0, 0.1) is 5.92 Å². The van der Waals surface area contributed by atoms with Gasteiger partial charge in [0.15, 0.2) is 11.5 Å². The number of nitrogens with zero attached hydrogens (tertiary/aromatic N) is 4. The number of carboxylic acids is 1. The zero-order valence-corrected chi connectivity index (χ0v) is 25.2. The second-order valence-corrected chi connectivity index (χ2v) is 12.1. The minimum Gasteiger partial charge on any atom is -0.481 e. The molecule has 0 radical (unpaired) electrons. The van der Waals surface area contributed by atoms with Gasteiger partial charge in [0.25, 0.3) is 0 Å². The molecule has 2 aliphatic heterocycles. The molecule has 40 heavy (non-hydrogen) atoms. The van der Waals surface area contributed by atoms with Crippen LogP contribution in [0.5, 0.6) is 11.5 Å². The van der Waals surface area contributed by atoms with Crippen LogP contribution in [-0.2, 0) is 14.4 Å². The molecule has 2 aliphatic rings. The lowest BCUT2D eigenvalue weighted by Gasteiger charge is -2.31. The average molecular weight is 562 g/mol. The van der Waals surface area contributed by atoms with Crippen LogP contribution in [0.2, 0.25) is 0 Å². The number of amides is 2. The Balaban J connectivity index is 1.85. The second-order valence-electron chi connectivity index (χ2n) is 12.1. The first-order chi connectivity index (χ1) is 18.9. The summed E-state index contributed by atoms with van der Waals surface area (Å²) in [6, 6.07) is 5.22. The molecule has 3 rings (SSSR count). The number of likely N-dealkylation sites (tertiary alicyclic amines) is 1. The van der Waals surface area contributed by atoms with Crippen molar-refractivity contribution in [2.45, 2.75) is 58.4 Å². The van der Waals surface area contributed by atoms with Gasteiger partial charge in [0.1, 0.15) is 0 Å². The Hall–Kier alpha value is -2.85. The Morgan fingerprint density at radius 3 is 2.35 bits per heavy atom. The van der Waals surface area contributed by atoms with Crippen LogP contribution < -0.4 is 9.47 Å². The van der Waals surface area contributed by atoms with Crippen molar-refractivity contribution in [3.8, 4) is 11.5 Å². The molecule has 2 heterocycles. The first kappa shape index (κ1) is 31.7. The van der Waals surface area contributed by atoms with E-state index in [0.717, 1.165) is 35.9 Å². The molecule has 0 saturated carbocycles. The van der Waals surface area contributed by atoms with Crippen molar-refractivity contribution in [2.75, 3.05) is 73.7 Å². The van der Waals surface area contributed by atoms with Gasteiger partial charge in [-0.1, -0.05) is 19.4 Å². The number of quaternary nitrogens is 1. The average Bonchev–Trinajstić information content (AvgIpc) is 3.49. The van der Waals surface area contributed by atoms with E-state index in [0.29, 0.717) is 50.6 Å². The zero-order chi connectivity index (χ0) is 29.4. The molecule has 2 amide bonds. The number of carboxylic acid groups (broad SMARTS) is 1. The van der Waals surface area contributed by atoms with Gasteiger partial charge in [0.2, 0.25) is 18.6 Å². The Morgan fingerprint density at radius 2 is 1.73 bits per heavy atom. The summed E-state index contributed by atoms with van der Waals surface area (Å²) in [5.41, 5.74) is 0.862. The lowest BCUT2D eigenvalue weighted by molar-refractivity contribution is -0.870. The molecule has 3 atom stereocenters. The maximum atomic E-state index is 13.7. The predicted molar refractivity (Wildman–Crippen MR) is 153 cm³/mol. The van der Waals surface area contributed by atoms with Crippen LogP contribution >= 0.6 is 0 Å². The third kappa shape index (κ3) is 8.33. The fraction of sp³-hybridized carbons (Fsp3) is 0.700. The molecule has 0 aromatic heterocycles. The number of carbonyl (C=O) groups is 3. The van der Waals surface area contributed by atoms with E-state index in [9.17, 15) is 19.5 Å². The van der Waals surface area contributed by atoms with Crippen LogP contribution in [0.3, 0.4) is 0 Å². The minimum absolute atomic E-state index is 0.0363. The summed E-state index contributed by atoms with van der Waals surface area (Å²) in [7, 11) is 6.45. The Morgan fingerprint density at radius 1 is 1.02 bits per heavy atom. The number of fused-ring (bicyclic) bond motifs is 1. The van der Waals surface area contributed by atoms with Gasteiger partial charge in [0, 0.05) is 58.0 Å². The van der Waals surface area contributed by atoms with Crippen molar-refractivity contribution in [1.29, 1.82) is 0 Å². The van der Waals surface area contributed by atoms with Crippen LogP contribution in [0.4, 0.5) is 0 Å². The number of hydrogen-bond acceptors (Lipinski definition) is 6. The molecule has 0 bridgehead atoms. The summed E-state index contributed by atoms with van der Waals surface area (Å²) in [5, 5.41) is 10.4. The number of carbonyl (C=O) groups excluding carboxylic acids is 2. The van der Waals surface area contributed by atoms with E-state index in [4.69, 9.17) is 9.47 Å². The van der Waals surface area contributed by atoms with Gasteiger partial charge in [-0.3, -0.25) is 19.3 Å². The lowest BCUT2D eigenvalue weighted by atomic mass is 9.84. The fourth-order valence-electron chi connectivity index (χ4n) is 5.88. The van der Waals surface area contributed by atoms with Gasteiger partial charge < -0.3 is 28.9 Å². The van der Waals surface area contributed by atoms with Crippen LogP contribution in [0.15, 0.2) is 18.2 Å². The number of unbranched alkanes of at least 4 members (excludes halogenated alkanes) is 1. The summed E-state index contributed by atoms with van der Waals surface area (Å²) in [5.74, 6) is -0.665. The Kier molecular flexibility index (Phi) is 11.2. The molecule has 0 spiro atoms. The highest BCUT2D eigenvalue weighted by atomic mass is 16.7. The molecule has 10 heteroatoms. The molecular formula is C30H49N4O6+. The quantitative estimate of drug-likeness (QED) is 0.329. The highest BCUT2D eigenvalue weighted by molar-refractivity contribution is 5.79. The highest BCUT2D eigenvalue weighted by Crippen LogP contribution is 2.42. The Labute approximate surface area is 239 Å². The van der Waals surface area contributed by atoms with E-state index >= 15 is 0 Å². The molecule has 1 saturated heterocycles. The number of aliphatic carboxylic acids is 1. The van der Waals surface area contributed by atoms with Crippen LogP contribution in [0.25, 0.3) is 0 Å². The van der Waals surface area contributed by atoms with E-state index in [-0.39, 0.29) is 37.1 Å². The molecular weight excluding hydrogens is 512 g/mol. The van der Waals surface area contributed by atoms with Gasteiger partial charge in [-0.2, -0.15) is 0 Å². The van der Waals surface area contributed by atoms with Crippen LogP contribution in [-0.4, -0.2) is 122 Å². The number of hydrogen-bond donors (Lipinski definition) is 1. The summed E-state index contributed by atoms with van der Waals surface area (Å²) >= 11 is 0. The monoisotopic (exact) mass is 561 g/mol. The van der Waals surface area contributed by atoms with Crippen molar-refractivity contribution in [2.24, 2.45) is 5.92 Å². The smallest absolute Gasteiger partial charge is 0.308 e. The molecule has 0 aliphatic carbocycles. The molecule has 1 aromatic carbocycles. The van der Waals surface area contributed by atoms with Crippen molar-refractivity contribution in [1.82, 2.24) is 14.7 Å². The predicted octanol–water partition coefficient (Wildman–Crippen LogP) is 2.87. The van der Waals surface area contributed by atoms with E-state index in [2.05, 4.69) is 28.1 Å². The fourth-order valence-corrected chi connectivity index (χ4v) is 5.88.